The summed E-state index contributed by atoms with van der Waals surface area (Å²) < 4.78 is 11.7. The molecule has 1 N–H and O–H groups in total. The van der Waals surface area contributed by atoms with E-state index in [9.17, 15) is 5.11 Å². The number of aromatic nitrogens is 1. The highest BCUT2D eigenvalue weighted by Gasteiger charge is 2.77. The summed E-state index contributed by atoms with van der Waals surface area (Å²) in [6.45, 7) is 9.38. The average molecular weight is 428 g/mol. The first kappa shape index (κ1) is 20.7. The van der Waals surface area contributed by atoms with Crippen LogP contribution in [0.3, 0.4) is 0 Å². The monoisotopic (exact) mass is 427 g/mol. The molecule has 1 spiro atoms. The number of aliphatic hydroxyl groups is 1. The van der Waals surface area contributed by atoms with Crippen molar-refractivity contribution in [2.24, 2.45) is 51.8 Å². The van der Waals surface area contributed by atoms with Gasteiger partial charge in [-0.15, -0.1) is 0 Å². The van der Waals surface area contributed by atoms with Crippen molar-refractivity contribution in [1.82, 2.24) is 5.16 Å². The van der Waals surface area contributed by atoms with Crippen LogP contribution in [0, 0.1) is 58.7 Å². The Hall–Kier alpha value is -0.870. The minimum absolute atomic E-state index is 0.196. The van der Waals surface area contributed by atoms with Gasteiger partial charge >= 0.3 is 0 Å². The second-order valence-corrected chi connectivity index (χ2v) is 12.6. The smallest absolute Gasteiger partial charge is 0.165 e. The lowest BCUT2D eigenvalue weighted by atomic mass is 9.45. The van der Waals surface area contributed by atoms with Gasteiger partial charge in [-0.25, -0.2) is 0 Å². The van der Waals surface area contributed by atoms with E-state index >= 15 is 0 Å². The maximum Gasteiger partial charge on any atom is 0.165 e. The summed E-state index contributed by atoms with van der Waals surface area (Å²) in [5.41, 5.74) is 2.16. The molecule has 1 aromatic rings. The molecule has 5 fully saturated rings. The SMILES string of the molecule is CO[C@@H]1C[C@H]2[C@@H]3CC[C@H]([C@H](C)[C@@H](O)c4cc(C)no4)[C@@]3(C)CC[C@@H]2[C@@]2(C)CC[C@H]3C[C@@]312. The van der Waals surface area contributed by atoms with E-state index in [1.807, 2.05) is 20.1 Å². The van der Waals surface area contributed by atoms with Crippen molar-refractivity contribution in [3.05, 3.63) is 17.5 Å². The zero-order valence-electron chi connectivity index (χ0n) is 20.1. The average Bonchev–Trinajstić information content (AvgIpc) is 3.00. The Morgan fingerprint density at radius 2 is 1.97 bits per heavy atom. The number of rotatable bonds is 4. The molecular weight excluding hydrogens is 386 g/mol. The van der Waals surface area contributed by atoms with Gasteiger partial charge in [0.2, 0.25) is 0 Å². The standard InChI is InChI=1S/C27H41NO3/c1-15-12-22(31-28-15)24(29)16(2)19-6-7-20-18-13-23(30-5)27-14-17(27)8-11-26(27,4)21(18)9-10-25(19,20)3/h12,16-21,23-24,29H,6-11,13-14H2,1-5H3/t16-,17-,18-,19+,20-,21-,23+,24+,25+,26+,27+/m0/s1. The molecule has 5 aliphatic carbocycles. The zero-order valence-corrected chi connectivity index (χ0v) is 20.1. The van der Waals surface area contributed by atoms with E-state index < -0.39 is 6.10 Å². The molecule has 4 heteroatoms. The van der Waals surface area contributed by atoms with E-state index in [0.717, 1.165) is 29.4 Å². The van der Waals surface area contributed by atoms with Crippen molar-refractivity contribution in [3.8, 4) is 0 Å². The first-order valence-electron chi connectivity index (χ1n) is 12.9. The highest BCUT2D eigenvalue weighted by Crippen LogP contribution is 2.82. The molecule has 31 heavy (non-hydrogen) atoms. The van der Waals surface area contributed by atoms with Crippen LogP contribution in [-0.2, 0) is 4.74 Å². The Kier molecular flexibility index (Phi) is 4.41. The summed E-state index contributed by atoms with van der Waals surface area (Å²) in [4.78, 5) is 0. The van der Waals surface area contributed by atoms with Crippen LogP contribution in [-0.4, -0.2) is 23.5 Å². The number of ether oxygens (including phenoxy) is 1. The van der Waals surface area contributed by atoms with Gasteiger partial charge in [0, 0.05) is 18.6 Å². The van der Waals surface area contributed by atoms with Crippen LogP contribution in [0.2, 0.25) is 0 Å². The summed E-state index contributed by atoms with van der Waals surface area (Å²) in [6.07, 6.45) is 10.7. The summed E-state index contributed by atoms with van der Waals surface area (Å²) in [5, 5.41) is 15.1. The Labute approximate surface area is 187 Å². The first-order chi connectivity index (χ1) is 14.8. The van der Waals surface area contributed by atoms with Crippen LogP contribution < -0.4 is 0 Å². The van der Waals surface area contributed by atoms with Crippen molar-refractivity contribution in [3.63, 3.8) is 0 Å². The molecule has 0 aromatic carbocycles. The Balaban J connectivity index is 1.28. The van der Waals surface area contributed by atoms with Gasteiger partial charge in [-0.3, -0.25) is 0 Å². The molecule has 6 rings (SSSR count). The van der Waals surface area contributed by atoms with Gasteiger partial charge in [0.15, 0.2) is 5.76 Å². The second-order valence-electron chi connectivity index (χ2n) is 12.6. The molecule has 0 saturated heterocycles. The van der Waals surface area contributed by atoms with E-state index in [-0.39, 0.29) is 5.92 Å². The van der Waals surface area contributed by atoms with Crippen LogP contribution in [0.4, 0.5) is 0 Å². The predicted molar refractivity (Wildman–Crippen MR) is 119 cm³/mol. The maximum atomic E-state index is 11.1. The number of methoxy groups -OCH3 is 1. The number of hydrogen-bond acceptors (Lipinski definition) is 4. The van der Waals surface area contributed by atoms with E-state index in [2.05, 4.69) is 25.9 Å². The molecule has 5 aliphatic rings. The lowest BCUT2D eigenvalue weighted by Gasteiger charge is -2.61. The zero-order chi connectivity index (χ0) is 21.8. The van der Waals surface area contributed by atoms with Crippen LogP contribution >= 0.6 is 0 Å². The maximum absolute atomic E-state index is 11.1. The number of nitrogens with zero attached hydrogens (tertiary/aromatic N) is 1. The third-order valence-electron chi connectivity index (χ3n) is 12.0. The summed E-state index contributed by atoms with van der Waals surface area (Å²) in [6, 6.07) is 1.91. The quantitative estimate of drug-likeness (QED) is 0.646. The van der Waals surface area contributed by atoms with Gasteiger partial charge in [0.1, 0.15) is 6.10 Å². The normalized spacial score (nSPS) is 52.1. The molecule has 0 amide bonds. The summed E-state index contributed by atoms with van der Waals surface area (Å²) in [7, 11) is 1.98. The second kappa shape index (κ2) is 6.59. The third kappa shape index (κ3) is 2.47. The largest absolute Gasteiger partial charge is 0.385 e. The fourth-order valence-electron chi connectivity index (χ4n) is 10.5. The Morgan fingerprint density at radius 1 is 1.16 bits per heavy atom. The molecule has 0 unspecified atom stereocenters. The Morgan fingerprint density at radius 3 is 2.65 bits per heavy atom. The van der Waals surface area contributed by atoms with Crippen LogP contribution in [0.5, 0.6) is 0 Å². The van der Waals surface area contributed by atoms with E-state index in [4.69, 9.17) is 9.26 Å². The molecule has 172 valence electrons. The van der Waals surface area contributed by atoms with Gasteiger partial charge in [-0.2, -0.15) is 0 Å². The van der Waals surface area contributed by atoms with E-state index in [1.54, 1.807) is 0 Å². The molecule has 1 heterocycles. The predicted octanol–water partition coefficient (Wildman–Crippen LogP) is 5.94. The van der Waals surface area contributed by atoms with Crippen molar-refractivity contribution in [1.29, 1.82) is 0 Å². The van der Waals surface area contributed by atoms with Gasteiger partial charge in [0.25, 0.3) is 0 Å². The molecule has 4 nitrogen and oxygen atoms in total. The van der Waals surface area contributed by atoms with Crippen molar-refractivity contribution < 1.29 is 14.4 Å². The highest BCUT2D eigenvalue weighted by atomic mass is 16.5. The van der Waals surface area contributed by atoms with Gasteiger partial charge in [0.05, 0.1) is 11.8 Å². The van der Waals surface area contributed by atoms with E-state index in [0.29, 0.717) is 34.0 Å². The first-order valence-corrected chi connectivity index (χ1v) is 12.9. The van der Waals surface area contributed by atoms with Crippen molar-refractivity contribution >= 4 is 0 Å². The van der Waals surface area contributed by atoms with E-state index in [1.165, 1.54) is 51.4 Å². The molecule has 0 aliphatic heterocycles. The van der Waals surface area contributed by atoms with Crippen molar-refractivity contribution in [2.75, 3.05) is 7.11 Å². The number of aryl methyl sites for hydroxylation is 1. The number of aliphatic hydroxyl groups excluding tert-OH is 1. The van der Waals surface area contributed by atoms with Crippen LogP contribution in [0.15, 0.2) is 10.6 Å². The van der Waals surface area contributed by atoms with Crippen LogP contribution in [0.1, 0.15) is 89.7 Å². The van der Waals surface area contributed by atoms with Gasteiger partial charge in [-0.05, 0) is 105 Å². The highest BCUT2D eigenvalue weighted by molar-refractivity contribution is 5.26. The lowest BCUT2D eigenvalue weighted by Crippen LogP contribution is -2.57. The van der Waals surface area contributed by atoms with Gasteiger partial charge < -0.3 is 14.4 Å². The lowest BCUT2D eigenvalue weighted by molar-refractivity contribution is -0.162. The topological polar surface area (TPSA) is 55.5 Å². The fourth-order valence-corrected chi connectivity index (χ4v) is 10.5. The number of fused-ring (bicyclic) bond motifs is 4. The molecule has 5 saturated carbocycles. The fraction of sp³-hybridized carbons (Fsp3) is 0.889. The third-order valence-corrected chi connectivity index (χ3v) is 12.0. The minimum Gasteiger partial charge on any atom is -0.385 e. The van der Waals surface area contributed by atoms with Crippen molar-refractivity contribution in [2.45, 2.75) is 91.3 Å². The molecule has 11 atom stereocenters. The molecule has 0 radical (unpaired) electrons. The Bertz CT molecular complexity index is 866. The molecular formula is C27H41NO3. The minimum atomic E-state index is -0.555. The summed E-state index contributed by atoms with van der Waals surface area (Å²) in [5.74, 6) is 4.76. The molecule has 0 bridgehead atoms. The summed E-state index contributed by atoms with van der Waals surface area (Å²) >= 11 is 0. The molecule has 1 aromatic heterocycles. The number of hydrogen-bond donors (Lipinski definition) is 1. The van der Waals surface area contributed by atoms with Crippen LogP contribution in [0.25, 0.3) is 0 Å². The van der Waals surface area contributed by atoms with Gasteiger partial charge in [-0.1, -0.05) is 25.9 Å².